The van der Waals surface area contributed by atoms with Crippen LogP contribution in [0.25, 0.3) is 0 Å². The number of pyridine rings is 1. The van der Waals surface area contributed by atoms with Crippen molar-refractivity contribution < 1.29 is 14.7 Å². The molecule has 3 N–H and O–H groups in total. The monoisotopic (exact) mass is 585 g/mol. The number of carbonyl (C=O) groups is 2. The van der Waals surface area contributed by atoms with Crippen molar-refractivity contribution in [3.05, 3.63) is 65.3 Å². The van der Waals surface area contributed by atoms with E-state index in [2.05, 4.69) is 41.8 Å². The normalized spacial score (nSPS) is 30.1. The van der Waals surface area contributed by atoms with Crippen molar-refractivity contribution in [1.82, 2.24) is 15.2 Å². The Morgan fingerprint density at radius 1 is 1.33 bits per heavy atom. The third-order valence-corrected chi connectivity index (χ3v) is 10.2. The summed E-state index contributed by atoms with van der Waals surface area (Å²) >= 11 is 0. The van der Waals surface area contributed by atoms with Crippen LogP contribution in [0.5, 0.6) is 0 Å². The maximum Gasteiger partial charge on any atom is 0.255 e. The van der Waals surface area contributed by atoms with Crippen LogP contribution >= 0.6 is 0 Å². The summed E-state index contributed by atoms with van der Waals surface area (Å²) in [6.45, 7) is 14.8. The Morgan fingerprint density at radius 3 is 2.74 bits per heavy atom. The van der Waals surface area contributed by atoms with E-state index in [0.717, 1.165) is 49.2 Å². The van der Waals surface area contributed by atoms with Gasteiger partial charge in [-0.05, 0) is 62.3 Å². The van der Waals surface area contributed by atoms with Crippen molar-refractivity contribution in [2.75, 3.05) is 31.5 Å². The molecule has 2 saturated heterocycles. The second-order valence-electron chi connectivity index (χ2n) is 13.1. The van der Waals surface area contributed by atoms with Crippen LogP contribution < -0.4 is 10.6 Å². The molecule has 5 atom stereocenters. The Kier molecular flexibility index (Phi) is 9.50. The van der Waals surface area contributed by atoms with Gasteiger partial charge in [0.15, 0.2) is 11.6 Å². The number of allylic oxidation sites excluding steroid dienone is 4. The molecule has 2 aliphatic carbocycles. The van der Waals surface area contributed by atoms with Gasteiger partial charge in [-0.25, -0.2) is 9.98 Å². The first-order chi connectivity index (χ1) is 20.7. The van der Waals surface area contributed by atoms with Gasteiger partial charge in [-0.1, -0.05) is 52.0 Å². The molecule has 5 rings (SSSR count). The summed E-state index contributed by atoms with van der Waals surface area (Å²) in [5.41, 5.74) is 6.03. The first-order valence-corrected chi connectivity index (χ1v) is 16.0. The lowest BCUT2D eigenvalue weighted by molar-refractivity contribution is -0.119. The topological polar surface area (TPSA) is 107 Å². The average molecular weight is 586 g/mol. The number of nitrogens with one attached hydrogen (secondary N) is 2. The van der Waals surface area contributed by atoms with Crippen molar-refractivity contribution in [2.24, 2.45) is 34.1 Å². The maximum atomic E-state index is 13.5. The average Bonchev–Trinajstić information content (AvgIpc) is 3.75. The van der Waals surface area contributed by atoms with E-state index in [1.165, 1.54) is 12.8 Å². The summed E-state index contributed by atoms with van der Waals surface area (Å²) in [5, 5.41) is 17.3. The molecule has 4 unspecified atom stereocenters. The molecule has 1 aromatic rings. The smallest absolute Gasteiger partial charge is 0.255 e. The van der Waals surface area contributed by atoms with Crippen LogP contribution in [-0.4, -0.2) is 64.7 Å². The Labute approximate surface area is 256 Å². The maximum absolute atomic E-state index is 13.5. The van der Waals surface area contributed by atoms with E-state index in [9.17, 15) is 14.7 Å². The van der Waals surface area contributed by atoms with Crippen LogP contribution in [0, 0.1) is 29.1 Å². The summed E-state index contributed by atoms with van der Waals surface area (Å²) in [7, 11) is 0. The minimum atomic E-state index is -0.413. The highest BCUT2D eigenvalue weighted by Gasteiger charge is 2.46. The minimum absolute atomic E-state index is 0.0240. The molecule has 43 heavy (non-hydrogen) atoms. The first kappa shape index (κ1) is 31.1. The van der Waals surface area contributed by atoms with Gasteiger partial charge < -0.3 is 20.6 Å². The van der Waals surface area contributed by atoms with Crippen LogP contribution in [0.4, 0.5) is 5.82 Å². The molecule has 3 heterocycles. The van der Waals surface area contributed by atoms with Crippen LogP contribution in [-0.2, 0) is 4.79 Å². The number of aliphatic imine (C=N–C) groups is 1. The number of hydrogen-bond acceptors (Lipinski definition) is 7. The zero-order chi connectivity index (χ0) is 30.7. The van der Waals surface area contributed by atoms with Crippen LogP contribution in [0.2, 0.25) is 0 Å². The number of aliphatic hydroxyl groups is 1. The van der Waals surface area contributed by atoms with Crippen LogP contribution in [0.1, 0.15) is 76.6 Å². The molecule has 0 bridgehead atoms. The molecule has 3 fully saturated rings. The standard InChI is InChI=1S/C35H47N5O3/c1-6-22(4)33(42)26-17-23(7-2)32(31(26)24-11-9-10-12-24)39-29(8-3)38-30-14-13-25(18-37-30)34(43)40-16-15-28(41)27-19-36-20-35(27,5)21-40/h7,13-14,17-18,22,24,27-28,31,36,41H,3,6,9-12,15-16,19-21H2,1-2,4-5H3,(H,37,38)/b23-7-,39-32?/t22?,27?,28-,31?,35?/m0/s1. The number of ketones is 1. The highest BCUT2D eigenvalue weighted by molar-refractivity contribution is 6.17. The lowest BCUT2D eigenvalue weighted by Gasteiger charge is -2.33. The predicted octanol–water partition coefficient (Wildman–Crippen LogP) is 5.30. The predicted molar refractivity (Wildman–Crippen MR) is 171 cm³/mol. The zero-order valence-electron chi connectivity index (χ0n) is 26.2. The molecule has 2 aliphatic heterocycles. The summed E-state index contributed by atoms with van der Waals surface area (Å²) in [6.07, 6.45) is 11.2. The van der Waals surface area contributed by atoms with Gasteiger partial charge in [0.05, 0.1) is 17.4 Å². The SMILES string of the molecule is C=C=C(N=C1/C(=C\C)C=C(C(=O)C(C)CC)C1C1CCCC1)Nc1ccc(C(=O)N2CC[C@H](O)C3CNCC3(C)C2)cn1. The van der Waals surface area contributed by atoms with Crippen molar-refractivity contribution in [1.29, 1.82) is 0 Å². The molecule has 4 aliphatic rings. The Hall–Kier alpha value is -3.32. The molecular formula is C35H47N5O3. The number of amides is 1. The number of rotatable bonds is 8. The van der Waals surface area contributed by atoms with E-state index in [0.29, 0.717) is 42.6 Å². The fraction of sp³-hybridized carbons (Fsp3) is 0.571. The second kappa shape index (κ2) is 13.1. The van der Waals surface area contributed by atoms with Gasteiger partial charge in [0, 0.05) is 61.1 Å². The number of fused-ring (bicyclic) bond motifs is 1. The molecule has 1 amide bonds. The van der Waals surface area contributed by atoms with Gasteiger partial charge >= 0.3 is 0 Å². The largest absolute Gasteiger partial charge is 0.393 e. The molecule has 8 heteroatoms. The Morgan fingerprint density at radius 2 is 2.09 bits per heavy atom. The van der Waals surface area contributed by atoms with Gasteiger partial charge in [-0.2, -0.15) is 0 Å². The number of nitrogens with zero attached hydrogens (tertiary/aromatic N) is 3. The molecule has 0 spiro atoms. The van der Waals surface area contributed by atoms with Gasteiger partial charge in [0.25, 0.3) is 5.91 Å². The van der Waals surface area contributed by atoms with Gasteiger partial charge in [-0.15, -0.1) is 0 Å². The van der Waals surface area contributed by atoms with Crippen molar-refractivity contribution in [3.63, 3.8) is 0 Å². The lowest BCUT2D eigenvalue weighted by Crippen LogP contribution is -2.42. The number of Topliss-reactive ketones (excluding diaryl/α,β-unsaturated/α-hetero) is 1. The quantitative estimate of drug-likeness (QED) is 0.358. The number of likely N-dealkylation sites (tertiary alicyclic amines) is 1. The summed E-state index contributed by atoms with van der Waals surface area (Å²) < 4.78 is 0. The van der Waals surface area contributed by atoms with Crippen LogP contribution in [0.3, 0.4) is 0 Å². The molecular weight excluding hydrogens is 538 g/mol. The molecule has 230 valence electrons. The van der Waals surface area contributed by atoms with Crippen molar-refractivity contribution in [2.45, 2.75) is 72.3 Å². The van der Waals surface area contributed by atoms with Crippen molar-refractivity contribution in [3.8, 4) is 0 Å². The molecule has 1 aromatic heterocycles. The fourth-order valence-electron chi connectivity index (χ4n) is 7.46. The number of anilines is 1. The van der Waals surface area contributed by atoms with Crippen LogP contribution in [0.15, 0.2) is 64.8 Å². The van der Waals surface area contributed by atoms with Gasteiger partial charge in [0.1, 0.15) is 5.82 Å². The summed E-state index contributed by atoms with van der Waals surface area (Å²) in [4.78, 5) is 38.3. The Bertz CT molecular complexity index is 1370. The highest BCUT2D eigenvalue weighted by atomic mass is 16.3. The summed E-state index contributed by atoms with van der Waals surface area (Å²) in [6, 6.07) is 3.55. The lowest BCUT2D eigenvalue weighted by atomic mass is 9.77. The number of aromatic nitrogens is 1. The zero-order valence-corrected chi connectivity index (χ0v) is 26.2. The van der Waals surface area contributed by atoms with E-state index in [4.69, 9.17) is 4.99 Å². The first-order valence-electron chi connectivity index (χ1n) is 16.0. The molecule has 0 radical (unpaired) electrons. The number of carbonyl (C=O) groups excluding carboxylic acids is 2. The molecule has 8 nitrogen and oxygen atoms in total. The molecule has 0 aromatic carbocycles. The minimum Gasteiger partial charge on any atom is -0.393 e. The van der Waals surface area contributed by atoms with E-state index in [1.54, 1.807) is 18.3 Å². The van der Waals surface area contributed by atoms with E-state index in [1.807, 2.05) is 30.9 Å². The van der Waals surface area contributed by atoms with E-state index in [-0.39, 0.29) is 34.9 Å². The van der Waals surface area contributed by atoms with Crippen molar-refractivity contribution >= 4 is 23.2 Å². The third-order valence-electron chi connectivity index (χ3n) is 10.2. The Balaban J connectivity index is 1.33. The second-order valence-corrected chi connectivity index (χ2v) is 13.1. The number of aliphatic hydroxyl groups excluding tert-OH is 1. The molecule has 1 saturated carbocycles. The van der Waals surface area contributed by atoms with Gasteiger partial charge in [-0.3, -0.25) is 9.59 Å². The van der Waals surface area contributed by atoms with Gasteiger partial charge in [0.2, 0.25) is 0 Å². The number of hydrogen-bond donors (Lipinski definition) is 3. The third kappa shape index (κ3) is 6.33. The summed E-state index contributed by atoms with van der Waals surface area (Å²) in [5.74, 6) is 1.60. The highest BCUT2D eigenvalue weighted by Crippen LogP contribution is 2.43. The fourth-order valence-corrected chi connectivity index (χ4v) is 7.46. The van der Waals surface area contributed by atoms with E-state index < -0.39 is 6.10 Å². The van der Waals surface area contributed by atoms with E-state index >= 15 is 0 Å².